The van der Waals surface area contributed by atoms with Crippen molar-refractivity contribution in [2.24, 2.45) is 0 Å². The third-order valence-corrected chi connectivity index (χ3v) is 5.60. The average molecular weight is 470 g/mol. The van der Waals surface area contributed by atoms with Gasteiger partial charge >= 0.3 is 0 Å². The highest BCUT2D eigenvalue weighted by atomic mass is 16.2. The van der Waals surface area contributed by atoms with Crippen molar-refractivity contribution in [3.8, 4) is 11.3 Å². The molecule has 0 saturated carbocycles. The quantitative estimate of drug-likeness (QED) is 0.431. The summed E-state index contributed by atoms with van der Waals surface area (Å²) in [7, 11) is 0. The highest BCUT2D eigenvalue weighted by Gasteiger charge is 2.24. The summed E-state index contributed by atoms with van der Waals surface area (Å²) < 4.78 is 1.82. The van der Waals surface area contributed by atoms with Gasteiger partial charge < -0.3 is 10.2 Å². The lowest BCUT2D eigenvalue weighted by Crippen LogP contribution is -2.47. The number of carbonyl (C=O) groups excluding carboxylic acids is 2. The average Bonchev–Trinajstić information content (AvgIpc) is 3.24. The van der Waals surface area contributed by atoms with Crippen LogP contribution in [-0.4, -0.2) is 50.1 Å². The first-order chi connectivity index (χ1) is 16.7. The maximum Gasteiger partial charge on any atom is 0.255 e. The first kappa shape index (κ1) is 24.1. The van der Waals surface area contributed by atoms with E-state index in [-0.39, 0.29) is 23.9 Å². The summed E-state index contributed by atoms with van der Waals surface area (Å²) in [6, 6.07) is 21.6. The molecule has 7 heteroatoms. The molecule has 0 radical (unpaired) electrons. The smallest absolute Gasteiger partial charge is 0.255 e. The van der Waals surface area contributed by atoms with E-state index in [2.05, 4.69) is 10.4 Å². The van der Waals surface area contributed by atoms with Gasteiger partial charge in [-0.3, -0.25) is 9.59 Å². The number of pyridine rings is 1. The van der Waals surface area contributed by atoms with Gasteiger partial charge in [0.05, 0.1) is 35.9 Å². The maximum absolute atomic E-state index is 13.7. The van der Waals surface area contributed by atoms with Crippen molar-refractivity contribution in [3.05, 3.63) is 84.1 Å². The van der Waals surface area contributed by atoms with Gasteiger partial charge in [-0.25, -0.2) is 9.67 Å². The highest BCUT2D eigenvalue weighted by Crippen LogP contribution is 2.26. The lowest BCUT2D eigenvalue weighted by molar-refractivity contribution is -0.123. The lowest BCUT2D eigenvalue weighted by atomic mass is 10.1. The van der Waals surface area contributed by atoms with Crippen LogP contribution >= 0.6 is 0 Å². The molecule has 2 heterocycles. The molecule has 4 aromatic rings. The molecule has 4 rings (SSSR count). The van der Waals surface area contributed by atoms with Crippen molar-refractivity contribution in [1.82, 2.24) is 25.0 Å². The third-order valence-electron chi connectivity index (χ3n) is 5.60. The highest BCUT2D eigenvalue weighted by molar-refractivity contribution is 6.07. The van der Waals surface area contributed by atoms with Crippen molar-refractivity contribution in [1.29, 1.82) is 0 Å². The van der Waals surface area contributed by atoms with Gasteiger partial charge in [-0.1, -0.05) is 60.7 Å². The summed E-state index contributed by atoms with van der Waals surface area (Å²) in [6.07, 6.45) is 1.69. The number of amides is 2. The van der Waals surface area contributed by atoms with Gasteiger partial charge in [0, 0.05) is 17.6 Å². The molecule has 0 spiro atoms. The minimum atomic E-state index is -0.372. The fraction of sp³-hybridized carbons (Fsp3) is 0.286. The number of carbonyl (C=O) groups is 2. The molecule has 0 aliphatic carbocycles. The molecule has 0 atom stereocenters. The Morgan fingerprint density at radius 1 is 1.00 bits per heavy atom. The lowest BCUT2D eigenvalue weighted by Gasteiger charge is -2.25. The zero-order valence-electron chi connectivity index (χ0n) is 20.7. The Bertz CT molecular complexity index is 1320. The van der Waals surface area contributed by atoms with E-state index < -0.39 is 0 Å². The van der Waals surface area contributed by atoms with Gasteiger partial charge in [-0.15, -0.1) is 0 Å². The molecule has 180 valence electrons. The predicted molar refractivity (Wildman–Crippen MR) is 138 cm³/mol. The van der Waals surface area contributed by atoms with Crippen LogP contribution in [0.4, 0.5) is 0 Å². The largest absolute Gasteiger partial charge is 0.350 e. The fourth-order valence-corrected chi connectivity index (χ4v) is 3.98. The molecular weight excluding hydrogens is 438 g/mol. The van der Waals surface area contributed by atoms with Gasteiger partial charge in [0.25, 0.3) is 5.91 Å². The van der Waals surface area contributed by atoms with Crippen LogP contribution in [-0.2, 0) is 11.3 Å². The number of rotatable bonds is 7. The van der Waals surface area contributed by atoms with Crippen molar-refractivity contribution < 1.29 is 9.59 Å². The number of hydrogen-bond donors (Lipinski definition) is 1. The minimum absolute atomic E-state index is 0.0186. The predicted octanol–water partition coefficient (Wildman–Crippen LogP) is 4.52. The van der Waals surface area contributed by atoms with E-state index in [4.69, 9.17) is 4.98 Å². The minimum Gasteiger partial charge on any atom is -0.350 e. The van der Waals surface area contributed by atoms with E-state index >= 15 is 0 Å². The van der Waals surface area contributed by atoms with Crippen LogP contribution in [0.15, 0.2) is 72.9 Å². The molecule has 0 aliphatic rings. The second-order valence-electron chi connectivity index (χ2n) is 9.56. The first-order valence-electron chi connectivity index (χ1n) is 11.8. The summed E-state index contributed by atoms with van der Waals surface area (Å²) in [6.45, 7) is 8.55. The molecule has 2 amide bonds. The zero-order chi connectivity index (χ0) is 25.0. The number of likely N-dealkylation sites (N-methyl/N-ethyl adjacent to an activating group) is 1. The van der Waals surface area contributed by atoms with Crippen LogP contribution in [0.25, 0.3) is 22.3 Å². The summed E-state index contributed by atoms with van der Waals surface area (Å²) in [5, 5.41) is 8.17. The summed E-state index contributed by atoms with van der Waals surface area (Å²) in [5.41, 5.74) is 3.43. The second-order valence-corrected chi connectivity index (χ2v) is 9.56. The van der Waals surface area contributed by atoms with Crippen molar-refractivity contribution in [3.63, 3.8) is 0 Å². The number of nitrogens with zero attached hydrogens (tertiary/aromatic N) is 4. The van der Waals surface area contributed by atoms with E-state index in [9.17, 15) is 9.59 Å². The van der Waals surface area contributed by atoms with Gasteiger partial charge in [0.15, 0.2) is 5.65 Å². The number of hydrogen-bond acceptors (Lipinski definition) is 4. The Morgan fingerprint density at radius 3 is 2.29 bits per heavy atom. The molecule has 0 aliphatic heterocycles. The molecule has 0 saturated heterocycles. The third kappa shape index (κ3) is 5.74. The first-order valence-corrected chi connectivity index (χ1v) is 11.8. The van der Waals surface area contributed by atoms with E-state index in [1.165, 1.54) is 0 Å². The van der Waals surface area contributed by atoms with Gasteiger partial charge in [0.1, 0.15) is 0 Å². The molecule has 0 bridgehead atoms. The number of nitrogens with one attached hydrogen (secondary N) is 1. The van der Waals surface area contributed by atoms with Crippen molar-refractivity contribution in [2.75, 3.05) is 13.1 Å². The summed E-state index contributed by atoms with van der Waals surface area (Å²) in [4.78, 5) is 32.8. The van der Waals surface area contributed by atoms with E-state index in [1.54, 1.807) is 17.2 Å². The van der Waals surface area contributed by atoms with Gasteiger partial charge in [0.2, 0.25) is 5.91 Å². The Labute approximate surface area is 205 Å². The maximum atomic E-state index is 13.7. The van der Waals surface area contributed by atoms with Crippen molar-refractivity contribution >= 4 is 22.8 Å². The number of benzene rings is 2. The fourth-order valence-electron chi connectivity index (χ4n) is 3.98. The Balaban J connectivity index is 1.76. The molecule has 0 fully saturated rings. The normalized spacial score (nSPS) is 11.4. The number of aromatic nitrogens is 3. The molecule has 2 aromatic heterocycles. The van der Waals surface area contributed by atoms with Crippen LogP contribution in [0.5, 0.6) is 0 Å². The molecule has 1 N–H and O–H groups in total. The summed E-state index contributed by atoms with van der Waals surface area (Å²) in [5.74, 6) is -0.415. The van der Waals surface area contributed by atoms with Crippen LogP contribution in [0.3, 0.4) is 0 Å². The Kier molecular flexibility index (Phi) is 6.96. The van der Waals surface area contributed by atoms with Crippen LogP contribution in [0.1, 0.15) is 43.6 Å². The molecule has 2 aromatic carbocycles. The zero-order valence-corrected chi connectivity index (χ0v) is 20.7. The molecule has 35 heavy (non-hydrogen) atoms. The van der Waals surface area contributed by atoms with Crippen LogP contribution < -0.4 is 5.32 Å². The molecule has 7 nitrogen and oxygen atoms in total. The SMILES string of the molecule is CCN(CC(=O)NC(C)(C)C)C(=O)c1cc(-c2ccccc2)nc2c1cnn2Cc1ccccc1. The Morgan fingerprint density at radius 2 is 1.66 bits per heavy atom. The van der Waals surface area contributed by atoms with Crippen LogP contribution in [0.2, 0.25) is 0 Å². The topological polar surface area (TPSA) is 80.1 Å². The Hall–Kier alpha value is -4.00. The van der Waals surface area contributed by atoms with E-state index in [0.29, 0.717) is 35.4 Å². The van der Waals surface area contributed by atoms with Gasteiger partial charge in [-0.05, 0) is 39.3 Å². The molecular formula is C28H31N5O2. The number of fused-ring (bicyclic) bond motifs is 1. The van der Waals surface area contributed by atoms with Crippen LogP contribution in [0, 0.1) is 0 Å². The van der Waals surface area contributed by atoms with Gasteiger partial charge in [-0.2, -0.15) is 5.10 Å². The van der Waals surface area contributed by atoms with E-state index in [1.807, 2.05) is 93.0 Å². The molecule has 0 unspecified atom stereocenters. The summed E-state index contributed by atoms with van der Waals surface area (Å²) >= 11 is 0. The second kappa shape index (κ2) is 10.1. The monoisotopic (exact) mass is 469 g/mol. The standard InChI is InChI=1S/C28H31N5O2/c1-5-32(19-25(34)31-28(2,3)4)27(35)22-16-24(21-14-10-7-11-15-21)30-26-23(22)17-29-33(26)18-20-12-8-6-9-13-20/h6-17H,5,18-19H2,1-4H3,(H,31,34). The van der Waals surface area contributed by atoms with Crippen molar-refractivity contribution in [2.45, 2.75) is 39.8 Å². The van der Waals surface area contributed by atoms with E-state index in [0.717, 1.165) is 11.1 Å².